The zero-order chi connectivity index (χ0) is 19.4. The van der Waals surface area contributed by atoms with Gasteiger partial charge in [0, 0.05) is 30.9 Å². The summed E-state index contributed by atoms with van der Waals surface area (Å²) in [6.45, 7) is 5.03. The van der Waals surface area contributed by atoms with Crippen molar-refractivity contribution in [3.8, 4) is 0 Å². The quantitative estimate of drug-likeness (QED) is 0.824. The Morgan fingerprint density at radius 2 is 2.07 bits per heavy atom. The summed E-state index contributed by atoms with van der Waals surface area (Å²) in [5, 5.41) is 3.26. The molecule has 0 spiro atoms. The van der Waals surface area contributed by atoms with Crippen molar-refractivity contribution in [3.05, 3.63) is 59.3 Å². The lowest BCUT2D eigenvalue weighted by molar-refractivity contribution is 0.0708. The normalized spacial score (nSPS) is 18.2. The molecular weight excluding hydrogens is 362 g/mol. The van der Waals surface area contributed by atoms with Crippen molar-refractivity contribution in [1.29, 1.82) is 0 Å². The van der Waals surface area contributed by atoms with E-state index < -0.39 is 9.84 Å². The Morgan fingerprint density at radius 1 is 1.30 bits per heavy atom. The lowest BCUT2D eigenvalue weighted by Gasteiger charge is -2.27. The van der Waals surface area contributed by atoms with Crippen molar-refractivity contribution >= 4 is 21.6 Å². The number of anilines is 1. The van der Waals surface area contributed by atoms with Crippen LogP contribution in [0.5, 0.6) is 0 Å². The summed E-state index contributed by atoms with van der Waals surface area (Å²) in [6.07, 6.45) is 2.11. The van der Waals surface area contributed by atoms with E-state index in [1.807, 2.05) is 19.1 Å². The van der Waals surface area contributed by atoms with Crippen molar-refractivity contribution in [2.75, 3.05) is 23.4 Å². The monoisotopic (exact) mass is 387 g/mol. The van der Waals surface area contributed by atoms with Crippen molar-refractivity contribution in [1.82, 2.24) is 9.88 Å². The third-order valence-electron chi connectivity index (χ3n) is 4.98. The Kier molecular flexibility index (Phi) is 5.79. The van der Waals surface area contributed by atoms with Gasteiger partial charge in [0.25, 0.3) is 5.91 Å². The molecule has 7 heteroatoms. The third-order valence-corrected chi connectivity index (χ3v) is 6.73. The lowest BCUT2D eigenvalue weighted by Crippen LogP contribution is -2.41. The standard InChI is InChI=1S/C20H25N3O3S/c1-3-23(18-9-11-27(25,26)14-18)20(24)16-8-10-21-19(12-16)22-13-17-7-5-4-6-15(17)2/h4-8,10,12,18H,3,9,11,13-14H2,1-2H3,(H,21,22). The minimum atomic E-state index is -3.04. The Bertz CT molecular complexity index is 928. The first-order valence-electron chi connectivity index (χ1n) is 9.15. The summed E-state index contributed by atoms with van der Waals surface area (Å²) in [5.74, 6) is 0.678. The van der Waals surface area contributed by atoms with Gasteiger partial charge in [0.05, 0.1) is 11.5 Å². The molecule has 1 saturated heterocycles. The van der Waals surface area contributed by atoms with E-state index in [0.717, 1.165) is 0 Å². The predicted molar refractivity (Wildman–Crippen MR) is 107 cm³/mol. The number of sulfone groups is 1. The van der Waals surface area contributed by atoms with Crippen molar-refractivity contribution in [2.24, 2.45) is 0 Å². The maximum Gasteiger partial charge on any atom is 0.254 e. The van der Waals surface area contributed by atoms with E-state index in [9.17, 15) is 13.2 Å². The summed E-state index contributed by atoms with van der Waals surface area (Å²) in [7, 11) is -3.04. The maximum atomic E-state index is 12.9. The van der Waals surface area contributed by atoms with Gasteiger partial charge in [0.2, 0.25) is 0 Å². The van der Waals surface area contributed by atoms with Crippen LogP contribution in [-0.2, 0) is 16.4 Å². The Balaban J connectivity index is 1.72. The highest BCUT2D eigenvalue weighted by atomic mass is 32.2. The van der Waals surface area contributed by atoms with Crippen LogP contribution in [-0.4, -0.2) is 48.3 Å². The van der Waals surface area contributed by atoms with Crippen LogP contribution in [0, 0.1) is 6.92 Å². The minimum absolute atomic E-state index is 0.0516. The van der Waals surface area contributed by atoms with Crippen LogP contribution >= 0.6 is 0 Å². The fourth-order valence-corrected chi connectivity index (χ4v) is 5.14. The highest BCUT2D eigenvalue weighted by Crippen LogP contribution is 2.21. The fourth-order valence-electron chi connectivity index (χ4n) is 3.41. The largest absolute Gasteiger partial charge is 0.366 e. The lowest BCUT2D eigenvalue weighted by atomic mass is 10.1. The number of carbonyl (C=O) groups excluding carboxylic acids is 1. The molecule has 1 aromatic carbocycles. The molecule has 0 aliphatic carbocycles. The molecule has 0 radical (unpaired) electrons. The molecule has 1 fully saturated rings. The van der Waals surface area contributed by atoms with Crippen LogP contribution in [0.2, 0.25) is 0 Å². The summed E-state index contributed by atoms with van der Waals surface area (Å²) < 4.78 is 23.5. The molecule has 2 heterocycles. The van der Waals surface area contributed by atoms with Crippen LogP contribution in [0.4, 0.5) is 5.82 Å². The van der Waals surface area contributed by atoms with Gasteiger partial charge in [-0.1, -0.05) is 24.3 Å². The zero-order valence-corrected chi connectivity index (χ0v) is 16.5. The molecular formula is C20H25N3O3S. The molecule has 1 aliphatic heterocycles. The Hall–Kier alpha value is -2.41. The summed E-state index contributed by atoms with van der Waals surface area (Å²) in [6, 6.07) is 11.3. The van der Waals surface area contributed by atoms with E-state index in [-0.39, 0.29) is 23.5 Å². The summed E-state index contributed by atoms with van der Waals surface area (Å²) in [5.41, 5.74) is 2.88. The molecule has 1 aliphatic rings. The van der Waals surface area contributed by atoms with E-state index in [4.69, 9.17) is 0 Å². The SMILES string of the molecule is CCN(C(=O)c1ccnc(NCc2ccccc2C)c1)C1CCS(=O)(=O)C1. The summed E-state index contributed by atoms with van der Waals surface area (Å²) >= 11 is 0. The molecule has 6 nitrogen and oxygen atoms in total. The maximum absolute atomic E-state index is 12.9. The summed E-state index contributed by atoms with van der Waals surface area (Å²) in [4.78, 5) is 18.9. The second-order valence-electron chi connectivity index (χ2n) is 6.86. The number of hydrogen-bond donors (Lipinski definition) is 1. The molecule has 1 atom stereocenters. The number of nitrogens with zero attached hydrogens (tertiary/aromatic N) is 2. The molecule has 2 aromatic rings. The van der Waals surface area contributed by atoms with Crippen LogP contribution in [0.3, 0.4) is 0 Å². The minimum Gasteiger partial charge on any atom is -0.366 e. The van der Waals surface area contributed by atoms with Gasteiger partial charge >= 0.3 is 0 Å². The van der Waals surface area contributed by atoms with Crippen molar-refractivity contribution < 1.29 is 13.2 Å². The van der Waals surface area contributed by atoms with Crippen LogP contribution in [0.25, 0.3) is 0 Å². The van der Waals surface area contributed by atoms with Gasteiger partial charge < -0.3 is 10.2 Å². The highest BCUT2D eigenvalue weighted by molar-refractivity contribution is 7.91. The number of rotatable bonds is 6. The van der Waals surface area contributed by atoms with Crippen LogP contribution in [0.1, 0.15) is 34.8 Å². The van der Waals surface area contributed by atoms with E-state index in [2.05, 4.69) is 29.4 Å². The number of carbonyl (C=O) groups is 1. The second kappa shape index (κ2) is 8.08. The fraction of sp³-hybridized carbons (Fsp3) is 0.400. The first-order chi connectivity index (χ1) is 12.9. The number of pyridine rings is 1. The average Bonchev–Trinajstić information content (AvgIpc) is 3.01. The number of amides is 1. The zero-order valence-electron chi connectivity index (χ0n) is 15.7. The molecule has 1 amide bonds. The van der Waals surface area contributed by atoms with Gasteiger partial charge in [-0.25, -0.2) is 13.4 Å². The van der Waals surface area contributed by atoms with Gasteiger partial charge in [0.15, 0.2) is 9.84 Å². The average molecular weight is 388 g/mol. The van der Waals surface area contributed by atoms with Gasteiger partial charge in [-0.05, 0) is 43.5 Å². The van der Waals surface area contributed by atoms with Gasteiger partial charge in [0.1, 0.15) is 5.82 Å². The van der Waals surface area contributed by atoms with Crippen LogP contribution in [0.15, 0.2) is 42.6 Å². The van der Waals surface area contributed by atoms with E-state index in [1.54, 1.807) is 23.2 Å². The topological polar surface area (TPSA) is 79.4 Å². The molecule has 0 saturated carbocycles. The first kappa shape index (κ1) is 19.4. The van der Waals surface area contributed by atoms with Crippen molar-refractivity contribution in [3.63, 3.8) is 0 Å². The second-order valence-corrected chi connectivity index (χ2v) is 9.09. The van der Waals surface area contributed by atoms with Gasteiger partial charge in [-0.3, -0.25) is 4.79 Å². The molecule has 144 valence electrons. The first-order valence-corrected chi connectivity index (χ1v) is 11.0. The van der Waals surface area contributed by atoms with Gasteiger partial charge in [-0.15, -0.1) is 0 Å². The number of benzene rings is 1. The van der Waals surface area contributed by atoms with E-state index >= 15 is 0 Å². The van der Waals surface area contributed by atoms with E-state index in [1.165, 1.54) is 11.1 Å². The van der Waals surface area contributed by atoms with E-state index in [0.29, 0.717) is 30.9 Å². The smallest absolute Gasteiger partial charge is 0.254 e. The molecule has 0 bridgehead atoms. The number of nitrogens with one attached hydrogen (secondary N) is 1. The Labute approximate surface area is 160 Å². The molecule has 1 N–H and O–H groups in total. The molecule has 1 aromatic heterocycles. The third kappa shape index (κ3) is 4.66. The van der Waals surface area contributed by atoms with Gasteiger partial charge in [-0.2, -0.15) is 0 Å². The number of hydrogen-bond acceptors (Lipinski definition) is 5. The number of aromatic nitrogens is 1. The Morgan fingerprint density at radius 3 is 2.74 bits per heavy atom. The number of aryl methyl sites for hydroxylation is 1. The molecule has 27 heavy (non-hydrogen) atoms. The predicted octanol–water partition coefficient (Wildman–Crippen LogP) is 2.65. The molecule has 3 rings (SSSR count). The van der Waals surface area contributed by atoms with Crippen LogP contribution < -0.4 is 5.32 Å². The highest BCUT2D eigenvalue weighted by Gasteiger charge is 2.34. The van der Waals surface area contributed by atoms with Crippen molar-refractivity contribution in [2.45, 2.75) is 32.9 Å². The molecule has 1 unspecified atom stereocenters.